The van der Waals surface area contributed by atoms with Crippen LogP contribution in [-0.4, -0.2) is 30.6 Å². The van der Waals surface area contributed by atoms with Crippen LogP contribution in [0.5, 0.6) is 11.5 Å². The minimum atomic E-state index is -1.09. The largest absolute Gasteiger partial charge is 0.493 e. The van der Waals surface area contributed by atoms with Crippen molar-refractivity contribution in [3.05, 3.63) is 48.0 Å². The van der Waals surface area contributed by atoms with Crippen LogP contribution in [0.1, 0.15) is 26.3 Å². The zero-order chi connectivity index (χ0) is 20.5. The Kier molecular flexibility index (Phi) is 4.97. The third-order valence-electron chi connectivity index (χ3n) is 4.67. The van der Waals surface area contributed by atoms with E-state index in [1.54, 1.807) is 57.2 Å². The number of nitriles is 1. The molecule has 0 bridgehead atoms. The van der Waals surface area contributed by atoms with Gasteiger partial charge >= 0.3 is 0 Å². The molecule has 0 fully saturated rings. The average molecular weight is 379 g/mol. The van der Waals surface area contributed by atoms with E-state index in [9.17, 15) is 9.59 Å². The van der Waals surface area contributed by atoms with E-state index in [2.05, 4.69) is 5.32 Å². The Balaban J connectivity index is 1.93. The van der Waals surface area contributed by atoms with E-state index in [1.165, 1.54) is 12.0 Å². The molecule has 2 amide bonds. The van der Waals surface area contributed by atoms with Gasteiger partial charge < -0.3 is 14.8 Å². The molecular formula is C21H21N3O4. The molecule has 0 unspecified atom stereocenters. The molecular weight excluding hydrogens is 358 g/mol. The van der Waals surface area contributed by atoms with E-state index in [1.807, 2.05) is 12.1 Å². The van der Waals surface area contributed by atoms with Crippen molar-refractivity contribution in [3.63, 3.8) is 0 Å². The molecule has 28 heavy (non-hydrogen) atoms. The highest BCUT2D eigenvalue weighted by Gasteiger charge is 2.45. The van der Waals surface area contributed by atoms with E-state index in [4.69, 9.17) is 14.7 Å². The third-order valence-corrected chi connectivity index (χ3v) is 4.67. The molecule has 0 saturated carbocycles. The van der Waals surface area contributed by atoms with Crippen molar-refractivity contribution in [3.8, 4) is 17.6 Å². The normalized spacial score (nSPS) is 15.7. The topological polar surface area (TPSA) is 91.7 Å². The second kappa shape index (κ2) is 7.24. The third kappa shape index (κ3) is 3.25. The lowest BCUT2D eigenvalue weighted by Crippen LogP contribution is -2.60. The number of nitrogens with one attached hydrogen (secondary N) is 1. The maximum absolute atomic E-state index is 13.3. The fourth-order valence-electron chi connectivity index (χ4n) is 3.10. The molecule has 2 aromatic rings. The Morgan fingerprint density at radius 3 is 2.61 bits per heavy atom. The summed E-state index contributed by atoms with van der Waals surface area (Å²) in [7, 11) is 1.46. The van der Waals surface area contributed by atoms with Crippen molar-refractivity contribution >= 4 is 23.2 Å². The predicted octanol–water partition coefficient (Wildman–Crippen LogP) is 3.10. The molecule has 0 spiro atoms. The number of ether oxygens (including phenoxy) is 2. The number of methoxy groups -OCH3 is 1. The monoisotopic (exact) mass is 379 g/mol. The number of rotatable bonds is 4. The summed E-state index contributed by atoms with van der Waals surface area (Å²) in [5, 5.41) is 11.8. The van der Waals surface area contributed by atoms with E-state index < -0.39 is 11.6 Å². The van der Waals surface area contributed by atoms with Crippen LogP contribution in [0, 0.1) is 11.3 Å². The van der Waals surface area contributed by atoms with Gasteiger partial charge in [-0.1, -0.05) is 12.1 Å². The molecule has 1 heterocycles. The van der Waals surface area contributed by atoms with Crippen LogP contribution >= 0.6 is 0 Å². The number of para-hydroxylation sites is 2. The Bertz CT molecular complexity index is 978. The van der Waals surface area contributed by atoms with Crippen molar-refractivity contribution < 1.29 is 19.1 Å². The zero-order valence-electron chi connectivity index (χ0n) is 16.1. The van der Waals surface area contributed by atoms with Gasteiger partial charge in [-0.3, -0.25) is 14.5 Å². The van der Waals surface area contributed by atoms with Gasteiger partial charge in [0.1, 0.15) is 5.54 Å². The lowest BCUT2D eigenvalue weighted by molar-refractivity contribution is -0.130. The molecule has 1 aliphatic rings. The number of carbonyl (C=O) groups excluding carboxylic acids is 2. The van der Waals surface area contributed by atoms with E-state index in [-0.39, 0.29) is 11.8 Å². The number of nitrogens with zero attached hydrogens (tertiary/aromatic N) is 2. The van der Waals surface area contributed by atoms with Crippen LogP contribution in [0.25, 0.3) is 0 Å². The highest BCUT2D eigenvalue weighted by molar-refractivity contribution is 6.14. The molecule has 7 heteroatoms. The summed E-state index contributed by atoms with van der Waals surface area (Å²) in [5.41, 5.74) is 0.520. The minimum absolute atomic E-state index is 0.275. The fourth-order valence-corrected chi connectivity index (χ4v) is 3.10. The second-order valence-electron chi connectivity index (χ2n) is 6.94. The van der Waals surface area contributed by atoms with Crippen molar-refractivity contribution in [1.29, 1.82) is 5.26 Å². The first-order valence-electron chi connectivity index (χ1n) is 8.79. The van der Waals surface area contributed by atoms with Crippen LogP contribution in [0.2, 0.25) is 0 Å². The van der Waals surface area contributed by atoms with Gasteiger partial charge in [-0.2, -0.15) is 5.26 Å². The van der Waals surface area contributed by atoms with Gasteiger partial charge in [0.05, 0.1) is 30.1 Å². The quantitative estimate of drug-likeness (QED) is 0.881. The lowest BCUT2D eigenvalue weighted by Gasteiger charge is -2.42. The van der Waals surface area contributed by atoms with Gasteiger partial charge in [-0.15, -0.1) is 0 Å². The van der Waals surface area contributed by atoms with Gasteiger partial charge in [-0.25, -0.2) is 0 Å². The van der Waals surface area contributed by atoms with Crippen LogP contribution < -0.4 is 19.7 Å². The van der Waals surface area contributed by atoms with Gasteiger partial charge in [0.25, 0.3) is 5.91 Å². The number of benzene rings is 2. The zero-order valence-corrected chi connectivity index (χ0v) is 16.1. The van der Waals surface area contributed by atoms with E-state index in [0.29, 0.717) is 28.4 Å². The molecule has 2 aromatic carbocycles. The summed E-state index contributed by atoms with van der Waals surface area (Å²) >= 11 is 0. The van der Waals surface area contributed by atoms with Crippen LogP contribution in [-0.2, 0) is 9.59 Å². The maximum Gasteiger partial charge on any atom is 0.268 e. The lowest BCUT2D eigenvalue weighted by atomic mass is 9.95. The Morgan fingerprint density at radius 1 is 1.21 bits per heavy atom. The molecule has 1 N–H and O–H groups in total. The Hall–Kier alpha value is -3.53. The summed E-state index contributed by atoms with van der Waals surface area (Å²) < 4.78 is 11.1. The SMILES string of the molecule is COc1cc(C#N)ccc1O[C@H](C)C(=O)N1c2ccccc2NC(=O)C1(C)C. The van der Waals surface area contributed by atoms with Crippen molar-refractivity contribution in [2.75, 3.05) is 17.3 Å². The molecule has 0 aromatic heterocycles. The van der Waals surface area contributed by atoms with Gasteiger partial charge in [0.2, 0.25) is 5.91 Å². The minimum Gasteiger partial charge on any atom is -0.493 e. The summed E-state index contributed by atoms with van der Waals surface area (Å²) in [6.07, 6.45) is -0.889. The first-order chi connectivity index (χ1) is 13.3. The smallest absolute Gasteiger partial charge is 0.268 e. The van der Waals surface area contributed by atoms with E-state index >= 15 is 0 Å². The van der Waals surface area contributed by atoms with Gasteiger partial charge in [0.15, 0.2) is 17.6 Å². The highest BCUT2D eigenvalue weighted by Crippen LogP contribution is 2.37. The molecule has 0 saturated heterocycles. The molecule has 0 radical (unpaired) electrons. The van der Waals surface area contributed by atoms with E-state index in [0.717, 1.165) is 0 Å². The predicted molar refractivity (Wildman–Crippen MR) is 104 cm³/mol. The maximum atomic E-state index is 13.3. The number of carbonyl (C=O) groups is 2. The molecule has 7 nitrogen and oxygen atoms in total. The van der Waals surface area contributed by atoms with Gasteiger partial charge in [0, 0.05) is 6.07 Å². The standard InChI is InChI=1S/C21H21N3O4/c1-13(28-17-10-9-14(12-22)11-18(17)27-4)19(25)24-16-8-6-5-7-15(16)23-20(26)21(24,2)3/h5-11,13H,1-4H3,(H,23,26)/t13-/m1/s1. The number of fused-ring (bicyclic) bond motifs is 1. The number of anilines is 2. The molecule has 1 atom stereocenters. The Morgan fingerprint density at radius 2 is 1.93 bits per heavy atom. The summed E-state index contributed by atoms with van der Waals surface area (Å²) in [5.74, 6) is 0.0612. The van der Waals surface area contributed by atoms with Crippen LogP contribution in [0.4, 0.5) is 11.4 Å². The summed E-state index contributed by atoms with van der Waals surface area (Å²) in [6.45, 7) is 4.99. The molecule has 3 rings (SSSR count). The number of hydrogen-bond acceptors (Lipinski definition) is 5. The fraction of sp³-hybridized carbons (Fsp3) is 0.286. The molecule has 1 aliphatic heterocycles. The van der Waals surface area contributed by atoms with Crippen molar-refractivity contribution in [2.45, 2.75) is 32.4 Å². The average Bonchev–Trinajstić information content (AvgIpc) is 2.68. The van der Waals surface area contributed by atoms with Crippen LogP contribution in [0.15, 0.2) is 42.5 Å². The molecule has 0 aliphatic carbocycles. The number of hydrogen-bond donors (Lipinski definition) is 1. The van der Waals surface area contributed by atoms with Crippen molar-refractivity contribution in [1.82, 2.24) is 0 Å². The summed E-state index contributed by atoms with van der Waals surface area (Å²) in [4.78, 5) is 27.3. The second-order valence-corrected chi connectivity index (χ2v) is 6.94. The number of amides is 2. The Labute approximate surface area is 163 Å². The summed E-state index contributed by atoms with van der Waals surface area (Å²) in [6, 6.07) is 13.9. The molecule has 144 valence electrons. The first-order valence-corrected chi connectivity index (χ1v) is 8.79. The van der Waals surface area contributed by atoms with Crippen LogP contribution in [0.3, 0.4) is 0 Å². The van der Waals surface area contributed by atoms with Gasteiger partial charge in [-0.05, 0) is 45.0 Å². The highest BCUT2D eigenvalue weighted by atomic mass is 16.5. The first kappa shape index (κ1) is 19.2. The van der Waals surface area contributed by atoms with Crippen molar-refractivity contribution in [2.24, 2.45) is 0 Å².